The van der Waals surface area contributed by atoms with E-state index in [-0.39, 0.29) is 30.5 Å². The van der Waals surface area contributed by atoms with Crippen LogP contribution in [-0.4, -0.2) is 83.0 Å². The van der Waals surface area contributed by atoms with E-state index >= 15 is 0 Å². The van der Waals surface area contributed by atoms with Gasteiger partial charge in [0, 0.05) is 49.9 Å². The van der Waals surface area contributed by atoms with Gasteiger partial charge in [0.15, 0.2) is 0 Å². The molecule has 2 saturated heterocycles. The number of amides is 2. The summed E-state index contributed by atoms with van der Waals surface area (Å²) in [7, 11) is 0. The third-order valence-corrected chi connectivity index (χ3v) is 7.12. The third-order valence-electron chi connectivity index (χ3n) is 7.12. The first-order valence-corrected chi connectivity index (χ1v) is 12.3. The van der Waals surface area contributed by atoms with Gasteiger partial charge in [-0.2, -0.15) is 0 Å². The largest absolute Gasteiger partial charge is 0.394 e. The number of aliphatic hydroxyl groups excluding tert-OH is 1. The van der Waals surface area contributed by atoms with Crippen LogP contribution < -0.4 is 0 Å². The van der Waals surface area contributed by atoms with Crippen LogP contribution in [0.2, 0.25) is 0 Å². The monoisotopic (exact) mass is 469 g/mol. The van der Waals surface area contributed by atoms with Crippen molar-refractivity contribution in [3.63, 3.8) is 0 Å². The summed E-state index contributed by atoms with van der Waals surface area (Å²) < 4.78 is 0. The SMILES string of the molecule is O=C(c1ccc(Cc2ccccc2)cc1)N1CC(N2CCN(C(=O)c3ccccc3)C(CO)C2)C1. The predicted octanol–water partition coefficient (Wildman–Crippen LogP) is 2.92. The number of piperazine rings is 1. The lowest BCUT2D eigenvalue weighted by Crippen LogP contribution is -2.66. The van der Waals surface area contributed by atoms with Crippen LogP contribution in [0.3, 0.4) is 0 Å². The number of rotatable bonds is 6. The summed E-state index contributed by atoms with van der Waals surface area (Å²) in [6.45, 7) is 3.22. The topological polar surface area (TPSA) is 64.1 Å². The summed E-state index contributed by atoms with van der Waals surface area (Å²) in [6.07, 6.45) is 0.853. The van der Waals surface area contributed by atoms with Crippen molar-refractivity contribution < 1.29 is 14.7 Å². The molecule has 180 valence electrons. The van der Waals surface area contributed by atoms with Crippen LogP contribution in [0.5, 0.6) is 0 Å². The molecule has 0 spiro atoms. The standard InChI is InChI=1S/C29H31N3O3/c33-21-27-20-30(15-16-32(27)29(35)24-9-5-2-6-10-24)26-18-31(19-26)28(34)25-13-11-23(12-14-25)17-22-7-3-1-4-8-22/h1-14,26-27,33H,15-21H2. The van der Waals surface area contributed by atoms with Gasteiger partial charge in [0.25, 0.3) is 11.8 Å². The molecule has 1 atom stereocenters. The van der Waals surface area contributed by atoms with Gasteiger partial charge in [0.1, 0.15) is 0 Å². The quantitative estimate of drug-likeness (QED) is 0.603. The van der Waals surface area contributed by atoms with E-state index in [9.17, 15) is 14.7 Å². The number of carbonyl (C=O) groups is 2. The van der Waals surface area contributed by atoms with Gasteiger partial charge >= 0.3 is 0 Å². The lowest BCUT2D eigenvalue weighted by atomic mass is 10.00. The average molecular weight is 470 g/mol. The van der Waals surface area contributed by atoms with Crippen LogP contribution in [0.4, 0.5) is 0 Å². The van der Waals surface area contributed by atoms with Gasteiger partial charge in [-0.1, -0.05) is 60.7 Å². The van der Waals surface area contributed by atoms with Crippen LogP contribution in [0.15, 0.2) is 84.9 Å². The second-order valence-electron chi connectivity index (χ2n) is 9.42. The van der Waals surface area contributed by atoms with Crippen molar-refractivity contribution >= 4 is 11.8 Å². The Labute approximate surface area is 206 Å². The first-order valence-electron chi connectivity index (χ1n) is 12.3. The van der Waals surface area contributed by atoms with Crippen molar-refractivity contribution in [1.29, 1.82) is 0 Å². The van der Waals surface area contributed by atoms with Crippen LogP contribution in [0.25, 0.3) is 0 Å². The summed E-state index contributed by atoms with van der Waals surface area (Å²) in [5.41, 5.74) is 3.80. The second kappa shape index (κ2) is 10.4. The molecule has 1 N–H and O–H groups in total. The Morgan fingerprint density at radius 3 is 1.97 bits per heavy atom. The maximum absolute atomic E-state index is 13.0. The predicted molar refractivity (Wildman–Crippen MR) is 135 cm³/mol. The minimum absolute atomic E-state index is 0.0366. The number of hydrogen-bond donors (Lipinski definition) is 1. The lowest BCUT2D eigenvalue weighted by molar-refractivity contribution is -0.0166. The number of carbonyl (C=O) groups excluding carboxylic acids is 2. The highest BCUT2D eigenvalue weighted by Gasteiger charge is 2.39. The van der Waals surface area contributed by atoms with Crippen molar-refractivity contribution in [3.8, 4) is 0 Å². The molecule has 0 aliphatic carbocycles. The van der Waals surface area contributed by atoms with Gasteiger partial charge in [0.2, 0.25) is 0 Å². The zero-order chi connectivity index (χ0) is 24.2. The smallest absolute Gasteiger partial charge is 0.254 e. The molecule has 0 radical (unpaired) electrons. The van der Waals surface area contributed by atoms with Gasteiger partial charge in [-0.3, -0.25) is 14.5 Å². The molecule has 35 heavy (non-hydrogen) atoms. The van der Waals surface area contributed by atoms with Gasteiger partial charge < -0.3 is 14.9 Å². The Morgan fingerprint density at radius 2 is 1.31 bits per heavy atom. The highest BCUT2D eigenvalue weighted by Crippen LogP contribution is 2.23. The molecule has 1 unspecified atom stereocenters. The van der Waals surface area contributed by atoms with Crippen molar-refractivity contribution in [2.75, 3.05) is 39.3 Å². The minimum Gasteiger partial charge on any atom is -0.394 e. The van der Waals surface area contributed by atoms with Crippen LogP contribution >= 0.6 is 0 Å². The van der Waals surface area contributed by atoms with E-state index in [0.717, 1.165) is 13.0 Å². The molecule has 2 fully saturated rings. The van der Waals surface area contributed by atoms with E-state index in [1.165, 1.54) is 11.1 Å². The summed E-state index contributed by atoms with van der Waals surface area (Å²) in [4.78, 5) is 31.8. The van der Waals surface area contributed by atoms with Crippen molar-refractivity contribution in [1.82, 2.24) is 14.7 Å². The van der Waals surface area contributed by atoms with Crippen molar-refractivity contribution in [2.24, 2.45) is 0 Å². The first-order chi connectivity index (χ1) is 17.1. The molecular formula is C29H31N3O3. The summed E-state index contributed by atoms with van der Waals surface area (Å²) >= 11 is 0. The lowest BCUT2D eigenvalue weighted by Gasteiger charge is -2.50. The fraction of sp³-hybridized carbons (Fsp3) is 0.310. The van der Waals surface area contributed by atoms with Gasteiger partial charge in [-0.15, -0.1) is 0 Å². The fourth-order valence-electron chi connectivity index (χ4n) is 5.01. The Balaban J connectivity index is 1.13. The molecule has 5 rings (SSSR count). The molecule has 2 aliphatic rings. The maximum Gasteiger partial charge on any atom is 0.254 e. The summed E-state index contributed by atoms with van der Waals surface area (Å²) in [5.74, 6) is 0.0227. The Bertz CT molecular complexity index is 1140. The number of aliphatic hydroxyl groups is 1. The van der Waals surface area contributed by atoms with E-state index in [1.54, 1.807) is 4.90 Å². The van der Waals surface area contributed by atoms with E-state index in [1.807, 2.05) is 77.7 Å². The van der Waals surface area contributed by atoms with Crippen molar-refractivity contribution in [2.45, 2.75) is 18.5 Å². The molecule has 0 aromatic heterocycles. The van der Waals surface area contributed by atoms with E-state index in [2.05, 4.69) is 17.0 Å². The molecule has 0 saturated carbocycles. The summed E-state index contributed by atoms with van der Waals surface area (Å²) in [6, 6.07) is 27.5. The van der Waals surface area contributed by atoms with Gasteiger partial charge in [0.05, 0.1) is 12.6 Å². The number of nitrogens with zero attached hydrogens (tertiary/aromatic N) is 3. The van der Waals surface area contributed by atoms with Crippen LogP contribution in [0, 0.1) is 0 Å². The molecule has 6 heteroatoms. The van der Waals surface area contributed by atoms with Gasteiger partial charge in [-0.05, 0) is 41.8 Å². The fourth-order valence-corrected chi connectivity index (χ4v) is 5.01. The highest BCUT2D eigenvalue weighted by molar-refractivity contribution is 5.95. The normalized spacial score (nSPS) is 18.8. The second-order valence-corrected chi connectivity index (χ2v) is 9.42. The van der Waals surface area contributed by atoms with E-state index < -0.39 is 0 Å². The molecular weight excluding hydrogens is 438 g/mol. The maximum atomic E-state index is 13.0. The third kappa shape index (κ3) is 5.14. The van der Waals surface area contributed by atoms with Crippen molar-refractivity contribution in [3.05, 3.63) is 107 Å². The molecule has 3 aromatic carbocycles. The Hall–Kier alpha value is -3.48. The molecule has 3 aromatic rings. The molecule has 6 nitrogen and oxygen atoms in total. The molecule has 2 aliphatic heterocycles. The van der Waals surface area contributed by atoms with Gasteiger partial charge in [-0.25, -0.2) is 0 Å². The average Bonchev–Trinajstić information content (AvgIpc) is 2.89. The summed E-state index contributed by atoms with van der Waals surface area (Å²) in [5, 5.41) is 9.97. The zero-order valence-corrected chi connectivity index (χ0v) is 19.8. The number of benzene rings is 3. The number of hydrogen-bond acceptors (Lipinski definition) is 4. The van der Waals surface area contributed by atoms with E-state index in [0.29, 0.717) is 37.3 Å². The molecule has 2 heterocycles. The Morgan fingerprint density at radius 1 is 0.714 bits per heavy atom. The van der Waals surface area contributed by atoms with Crippen LogP contribution in [0.1, 0.15) is 31.8 Å². The van der Waals surface area contributed by atoms with E-state index in [4.69, 9.17) is 0 Å². The zero-order valence-electron chi connectivity index (χ0n) is 19.8. The minimum atomic E-state index is -0.238. The Kier molecular flexibility index (Phi) is 6.93. The highest BCUT2D eigenvalue weighted by atomic mass is 16.3. The molecule has 0 bridgehead atoms. The number of likely N-dealkylation sites (tertiary alicyclic amines) is 1. The van der Waals surface area contributed by atoms with Crippen LogP contribution in [-0.2, 0) is 6.42 Å². The molecule has 2 amide bonds. The first kappa shape index (κ1) is 23.3.